The number of rotatable bonds is 1. The zero-order valence-electron chi connectivity index (χ0n) is 10.7. The van der Waals surface area contributed by atoms with Crippen molar-refractivity contribution in [1.29, 1.82) is 0 Å². The minimum absolute atomic E-state index is 0.509. The van der Waals surface area contributed by atoms with Gasteiger partial charge in [0.15, 0.2) is 0 Å². The molecule has 0 aliphatic carbocycles. The third kappa shape index (κ3) is 2.35. The number of nitrogens with two attached hydrogens (primary N) is 1. The molecule has 1 aromatic carbocycles. The highest BCUT2D eigenvalue weighted by atomic mass is 35.5. The highest BCUT2D eigenvalue weighted by Gasteiger charge is 2.28. The number of likely N-dealkylation sites (N-methyl/N-ethyl adjacent to an activating group) is 1. The maximum Gasteiger partial charge on any atom is 0.0790 e. The highest BCUT2D eigenvalue weighted by Crippen LogP contribution is 2.33. The molecule has 0 saturated carbocycles. The van der Waals surface area contributed by atoms with Crippen molar-refractivity contribution in [3.05, 3.63) is 23.2 Å². The van der Waals surface area contributed by atoms with E-state index in [0.717, 1.165) is 29.5 Å². The lowest BCUT2D eigenvalue weighted by Crippen LogP contribution is -2.55. The SMILES string of the molecule is CC1CN(c2c(N)cccc2Cl)CC(C)N1C. The Kier molecular flexibility index (Phi) is 3.50. The van der Waals surface area contributed by atoms with E-state index in [1.54, 1.807) is 0 Å². The fourth-order valence-electron chi connectivity index (χ4n) is 2.45. The number of hydrogen-bond acceptors (Lipinski definition) is 3. The van der Waals surface area contributed by atoms with Crippen LogP contribution in [0.25, 0.3) is 0 Å². The third-order valence-electron chi connectivity index (χ3n) is 3.69. The molecule has 1 saturated heterocycles. The smallest absolute Gasteiger partial charge is 0.0790 e. The summed E-state index contributed by atoms with van der Waals surface area (Å²) in [6, 6.07) is 6.73. The van der Waals surface area contributed by atoms with Crippen molar-refractivity contribution in [1.82, 2.24) is 4.90 Å². The van der Waals surface area contributed by atoms with Gasteiger partial charge in [-0.25, -0.2) is 0 Å². The van der Waals surface area contributed by atoms with Gasteiger partial charge in [0.25, 0.3) is 0 Å². The lowest BCUT2D eigenvalue weighted by Gasteiger charge is -2.44. The van der Waals surface area contributed by atoms with E-state index in [2.05, 4.69) is 30.7 Å². The van der Waals surface area contributed by atoms with E-state index in [0.29, 0.717) is 12.1 Å². The van der Waals surface area contributed by atoms with Crippen LogP contribution in [0.3, 0.4) is 0 Å². The first kappa shape index (κ1) is 12.5. The molecule has 0 bridgehead atoms. The molecule has 94 valence electrons. The Bertz CT molecular complexity index is 375. The van der Waals surface area contributed by atoms with Crippen LogP contribution in [0.15, 0.2) is 18.2 Å². The summed E-state index contributed by atoms with van der Waals surface area (Å²) >= 11 is 6.26. The molecular formula is C13H20ClN3. The van der Waals surface area contributed by atoms with Gasteiger partial charge in [0, 0.05) is 25.2 Å². The molecule has 0 spiro atoms. The van der Waals surface area contributed by atoms with E-state index in [1.165, 1.54) is 0 Å². The summed E-state index contributed by atoms with van der Waals surface area (Å²) in [5.74, 6) is 0. The van der Waals surface area contributed by atoms with Crippen LogP contribution >= 0.6 is 11.6 Å². The molecule has 1 aliphatic rings. The maximum absolute atomic E-state index is 6.26. The van der Waals surface area contributed by atoms with E-state index in [-0.39, 0.29) is 0 Å². The third-order valence-corrected chi connectivity index (χ3v) is 4.00. The summed E-state index contributed by atoms with van der Waals surface area (Å²) in [5.41, 5.74) is 7.79. The molecule has 1 heterocycles. The van der Waals surface area contributed by atoms with Gasteiger partial charge in [-0.05, 0) is 33.0 Å². The van der Waals surface area contributed by atoms with Crippen LogP contribution in [0.1, 0.15) is 13.8 Å². The quantitative estimate of drug-likeness (QED) is 0.781. The first-order valence-electron chi connectivity index (χ1n) is 6.01. The standard InChI is InChI=1S/C13H20ClN3/c1-9-7-17(8-10(2)16(9)3)13-11(14)5-4-6-12(13)15/h4-6,9-10H,7-8,15H2,1-3H3. The largest absolute Gasteiger partial charge is 0.397 e. The summed E-state index contributed by atoms with van der Waals surface area (Å²) < 4.78 is 0. The number of nitrogens with zero attached hydrogens (tertiary/aromatic N) is 2. The summed E-state index contributed by atoms with van der Waals surface area (Å²) in [5, 5.41) is 0.744. The molecule has 0 radical (unpaired) electrons. The molecule has 0 amide bonds. The van der Waals surface area contributed by atoms with E-state index in [1.807, 2.05) is 18.2 Å². The highest BCUT2D eigenvalue weighted by molar-refractivity contribution is 6.34. The van der Waals surface area contributed by atoms with Crippen LogP contribution in [-0.2, 0) is 0 Å². The summed E-state index contributed by atoms with van der Waals surface area (Å²) in [6.45, 7) is 6.40. The first-order chi connectivity index (χ1) is 8.00. The Morgan fingerprint density at radius 1 is 1.24 bits per heavy atom. The van der Waals surface area contributed by atoms with Crippen LogP contribution in [0.2, 0.25) is 5.02 Å². The molecule has 2 N–H and O–H groups in total. The molecule has 3 nitrogen and oxygen atoms in total. The topological polar surface area (TPSA) is 32.5 Å². The molecule has 2 rings (SSSR count). The molecule has 1 aliphatic heterocycles. The van der Waals surface area contributed by atoms with Crippen LogP contribution in [0.4, 0.5) is 11.4 Å². The monoisotopic (exact) mass is 253 g/mol. The second-order valence-corrected chi connectivity index (χ2v) is 5.35. The van der Waals surface area contributed by atoms with Crippen molar-refractivity contribution < 1.29 is 0 Å². The average molecular weight is 254 g/mol. The van der Waals surface area contributed by atoms with Crippen molar-refractivity contribution in [2.24, 2.45) is 0 Å². The van der Waals surface area contributed by atoms with E-state index in [4.69, 9.17) is 17.3 Å². The minimum atomic E-state index is 0.509. The van der Waals surface area contributed by atoms with Crippen LogP contribution in [0, 0.1) is 0 Å². The molecule has 2 atom stereocenters. The van der Waals surface area contributed by atoms with Crippen molar-refractivity contribution in [2.75, 3.05) is 30.8 Å². The van der Waals surface area contributed by atoms with Crippen LogP contribution in [-0.4, -0.2) is 37.1 Å². The number of hydrogen-bond donors (Lipinski definition) is 1. The zero-order chi connectivity index (χ0) is 12.6. The summed E-state index contributed by atoms with van der Waals surface area (Å²) in [6.07, 6.45) is 0. The molecule has 1 aromatic rings. The van der Waals surface area contributed by atoms with Gasteiger partial charge in [0.05, 0.1) is 16.4 Å². The maximum atomic E-state index is 6.26. The summed E-state index contributed by atoms with van der Waals surface area (Å²) in [7, 11) is 2.17. The Morgan fingerprint density at radius 2 is 1.82 bits per heavy atom. The fraction of sp³-hybridized carbons (Fsp3) is 0.538. The molecule has 2 unspecified atom stereocenters. The molecule has 0 aromatic heterocycles. The number of nitrogen functional groups attached to an aromatic ring is 1. The number of para-hydroxylation sites is 1. The lowest BCUT2D eigenvalue weighted by atomic mass is 10.1. The predicted molar refractivity (Wildman–Crippen MR) is 74.8 cm³/mol. The molecular weight excluding hydrogens is 234 g/mol. The van der Waals surface area contributed by atoms with E-state index in [9.17, 15) is 0 Å². The van der Waals surface area contributed by atoms with Gasteiger partial charge in [0.2, 0.25) is 0 Å². The first-order valence-corrected chi connectivity index (χ1v) is 6.39. The predicted octanol–water partition coefficient (Wildman–Crippen LogP) is 2.45. The van der Waals surface area contributed by atoms with Gasteiger partial charge in [-0.15, -0.1) is 0 Å². The second-order valence-electron chi connectivity index (χ2n) is 4.95. The van der Waals surface area contributed by atoms with Gasteiger partial charge >= 0.3 is 0 Å². The molecule has 1 fully saturated rings. The lowest BCUT2D eigenvalue weighted by molar-refractivity contribution is 0.170. The van der Waals surface area contributed by atoms with Crippen molar-refractivity contribution in [3.8, 4) is 0 Å². The molecule has 4 heteroatoms. The number of anilines is 2. The number of piperazine rings is 1. The Morgan fingerprint density at radius 3 is 2.35 bits per heavy atom. The van der Waals surface area contributed by atoms with Crippen molar-refractivity contribution in [2.45, 2.75) is 25.9 Å². The Balaban J connectivity index is 2.29. The normalized spacial score (nSPS) is 26.2. The number of benzene rings is 1. The fourth-order valence-corrected chi connectivity index (χ4v) is 2.75. The van der Waals surface area contributed by atoms with E-state index >= 15 is 0 Å². The van der Waals surface area contributed by atoms with Gasteiger partial charge in [0.1, 0.15) is 0 Å². The van der Waals surface area contributed by atoms with Gasteiger partial charge in [-0.1, -0.05) is 17.7 Å². The second kappa shape index (κ2) is 4.75. The minimum Gasteiger partial charge on any atom is -0.397 e. The van der Waals surface area contributed by atoms with Crippen molar-refractivity contribution in [3.63, 3.8) is 0 Å². The van der Waals surface area contributed by atoms with Gasteiger partial charge < -0.3 is 10.6 Å². The van der Waals surface area contributed by atoms with Crippen molar-refractivity contribution >= 4 is 23.0 Å². The van der Waals surface area contributed by atoms with Crippen LogP contribution < -0.4 is 10.6 Å². The number of halogens is 1. The summed E-state index contributed by atoms with van der Waals surface area (Å²) in [4.78, 5) is 4.69. The zero-order valence-corrected chi connectivity index (χ0v) is 11.4. The van der Waals surface area contributed by atoms with E-state index < -0.39 is 0 Å². The Hall–Kier alpha value is -0.930. The molecule has 17 heavy (non-hydrogen) atoms. The average Bonchev–Trinajstić information content (AvgIpc) is 2.25. The van der Waals surface area contributed by atoms with Crippen LogP contribution in [0.5, 0.6) is 0 Å². The van der Waals surface area contributed by atoms with Gasteiger partial charge in [-0.3, -0.25) is 4.90 Å². The van der Waals surface area contributed by atoms with Gasteiger partial charge in [-0.2, -0.15) is 0 Å². The Labute approximate surface area is 108 Å².